The minimum absolute atomic E-state index is 0.314. The van der Waals surface area contributed by atoms with Gasteiger partial charge in [-0.1, -0.05) is 25.3 Å². The van der Waals surface area contributed by atoms with Crippen LogP contribution in [-0.2, 0) is 14.2 Å². The van der Waals surface area contributed by atoms with Crippen LogP contribution in [0, 0.1) is 5.92 Å². The van der Waals surface area contributed by atoms with Gasteiger partial charge in [0.25, 0.3) is 0 Å². The molecule has 2 rings (SSSR count). The van der Waals surface area contributed by atoms with E-state index >= 15 is 0 Å². The lowest BCUT2D eigenvalue weighted by Crippen LogP contribution is -2.41. The van der Waals surface area contributed by atoms with Crippen molar-refractivity contribution in [1.29, 1.82) is 0 Å². The lowest BCUT2D eigenvalue weighted by Gasteiger charge is -2.36. The summed E-state index contributed by atoms with van der Waals surface area (Å²) in [5, 5.41) is 0. The largest absolute Gasteiger partial charge is 0.498 e. The fourth-order valence-corrected chi connectivity index (χ4v) is 3.06. The van der Waals surface area contributed by atoms with Gasteiger partial charge in [0.15, 0.2) is 5.79 Å². The number of rotatable bonds is 4. The Hall–Kier alpha value is -0.540. The van der Waals surface area contributed by atoms with E-state index < -0.39 is 5.79 Å². The second kappa shape index (κ2) is 5.62. The van der Waals surface area contributed by atoms with E-state index in [4.69, 9.17) is 14.2 Å². The van der Waals surface area contributed by atoms with Gasteiger partial charge in [-0.2, -0.15) is 0 Å². The van der Waals surface area contributed by atoms with Gasteiger partial charge in [0.2, 0.25) is 0 Å². The van der Waals surface area contributed by atoms with Crippen LogP contribution in [0.3, 0.4) is 0 Å². The quantitative estimate of drug-likeness (QED) is 0.717. The first-order chi connectivity index (χ1) is 8.58. The number of allylic oxidation sites excluding steroid dienone is 1. The van der Waals surface area contributed by atoms with Gasteiger partial charge in [-0.3, -0.25) is 0 Å². The van der Waals surface area contributed by atoms with Crippen LogP contribution in [0.25, 0.3) is 0 Å². The van der Waals surface area contributed by atoms with Gasteiger partial charge in [0.1, 0.15) is 12.2 Å². The van der Waals surface area contributed by atoms with Gasteiger partial charge in [-0.05, 0) is 33.6 Å². The van der Waals surface area contributed by atoms with Crippen LogP contribution >= 0.6 is 0 Å². The molecule has 0 spiro atoms. The summed E-state index contributed by atoms with van der Waals surface area (Å²) in [5.74, 6) is 0.129. The summed E-state index contributed by atoms with van der Waals surface area (Å²) in [6.07, 6.45) is 10.0. The van der Waals surface area contributed by atoms with Gasteiger partial charge in [-0.25, -0.2) is 0 Å². The average molecular weight is 254 g/mol. The molecule has 2 unspecified atom stereocenters. The van der Waals surface area contributed by atoms with E-state index in [-0.39, 0.29) is 5.60 Å². The average Bonchev–Trinajstić information content (AvgIpc) is 2.69. The molecule has 0 amide bonds. The standard InChI is InChI=1S/C15H26O3/c1-4-10-16-11-14(2)12-17-15(3,18-14)13-8-6-5-7-9-13/h4,10,13H,5-9,11-12H2,1-3H3. The zero-order valence-corrected chi connectivity index (χ0v) is 11.9. The molecule has 0 aromatic rings. The normalized spacial score (nSPS) is 38.4. The zero-order chi connectivity index (χ0) is 13.1. The highest BCUT2D eigenvalue weighted by Gasteiger charge is 2.49. The summed E-state index contributed by atoms with van der Waals surface area (Å²) in [7, 11) is 0. The number of ether oxygens (including phenoxy) is 3. The topological polar surface area (TPSA) is 27.7 Å². The maximum Gasteiger partial charge on any atom is 0.169 e. The van der Waals surface area contributed by atoms with E-state index in [1.807, 2.05) is 13.0 Å². The van der Waals surface area contributed by atoms with E-state index in [1.54, 1.807) is 6.26 Å². The van der Waals surface area contributed by atoms with Gasteiger partial charge in [0.05, 0.1) is 12.9 Å². The van der Waals surface area contributed by atoms with Crippen LogP contribution < -0.4 is 0 Å². The van der Waals surface area contributed by atoms with Gasteiger partial charge in [-0.15, -0.1) is 0 Å². The van der Waals surface area contributed by atoms with E-state index in [9.17, 15) is 0 Å². The smallest absolute Gasteiger partial charge is 0.169 e. The predicted molar refractivity (Wildman–Crippen MR) is 71.2 cm³/mol. The Balaban J connectivity index is 1.92. The number of hydrogen-bond donors (Lipinski definition) is 0. The van der Waals surface area contributed by atoms with Crippen LogP contribution in [0.2, 0.25) is 0 Å². The molecule has 1 aliphatic heterocycles. The molecule has 1 saturated heterocycles. The Kier molecular flexibility index (Phi) is 4.33. The Morgan fingerprint density at radius 1 is 1.22 bits per heavy atom. The molecular formula is C15H26O3. The Morgan fingerprint density at radius 3 is 2.61 bits per heavy atom. The van der Waals surface area contributed by atoms with Crippen molar-refractivity contribution >= 4 is 0 Å². The molecule has 104 valence electrons. The molecule has 18 heavy (non-hydrogen) atoms. The zero-order valence-electron chi connectivity index (χ0n) is 11.9. The summed E-state index contributed by atoms with van der Waals surface area (Å²) in [4.78, 5) is 0. The fourth-order valence-electron chi connectivity index (χ4n) is 3.06. The maximum absolute atomic E-state index is 6.24. The van der Waals surface area contributed by atoms with E-state index in [0.29, 0.717) is 19.1 Å². The number of hydrogen-bond acceptors (Lipinski definition) is 3. The Morgan fingerprint density at radius 2 is 1.94 bits per heavy atom. The third-order valence-corrected chi connectivity index (χ3v) is 4.08. The van der Waals surface area contributed by atoms with Crippen molar-refractivity contribution in [2.45, 2.75) is 64.3 Å². The molecule has 1 saturated carbocycles. The lowest BCUT2D eigenvalue weighted by molar-refractivity contribution is -0.216. The molecule has 3 heteroatoms. The van der Waals surface area contributed by atoms with Crippen molar-refractivity contribution in [3.8, 4) is 0 Å². The van der Waals surface area contributed by atoms with E-state index in [1.165, 1.54) is 32.1 Å². The van der Waals surface area contributed by atoms with Crippen molar-refractivity contribution in [3.05, 3.63) is 12.3 Å². The van der Waals surface area contributed by atoms with Crippen LogP contribution in [0.15, 0.2) is 12.3 Å². The molecular weight excluding hydrogens is 228 g/mol. The summed E-state index contributed by atoms with van der Waals surface area (Å²) in [5.41, 5.74) is -0.314. The molecule has 2 fully saturated rings. The van der Waals surface area contributed by atoms with Gasteiger partial charge in [0, 0.05) is 5.92 Å². The molecule has 2 atom stereocenters. The summed E-state index contributed by atoms with van der Waals surface area (Å²) in [6, 6.07) is 0. The third kappa shape index (κ3) is 3.07. The highest BCUT2D eigenvalue weighted by atomic mass is 16.8. The predicted octanol–water partition coefficient (Wildman–Crippen LogP) is 3.64. The summed E-state index contributed by atoms with van der Waals surface area (Å²) >= 11 is 0. The minimum Gasteiger partial charge on any atom is -0.498 e. The monoisotopic (exact) mass is 254 g/mol. The lowest BCUT2D eigenvalue weighted by atomic mass is 9.84. The molecule has 0 bridgehead atoms. The molecule has 1 heterocycles. The van der Waals surface area contributed by atoms with Crippen LogP contribution in [-0.4, -0.2) is 24.6 Å². The first kappa shape index (κ1) is 13.9. The maximum atomic E-state index is 6.24. The molecule has 0 radical (unpaired) electrons. The van der Waals surface area contributed by atoms with Gasteiger partial charge >= 0.3 is 0 Å². The van der Waals surface area contributed by atoms with Crippen molar-refractivity contribution < 1.29 is 14.2 Å². The van der Waals surface area contributed by atoms with Crippen molar-refractivity contribution in [2.75, 3.05) is 13.2 Å². The second-order valence-corrected chi connectivity index (χ2v) is 5.97. The highest BCUT2D eigenvalue weighted by Crippen LogP contribution is 2.42. The SMILES string of the molecule is CC=COCC1(C)COC(C)(C2CCCCC2)O1. The molecule has 3 nitrogen and oxygen atoms in total. The summed E-state index contributed by atoms with van der Waals surface area (Å²) < 4.78 is 17.7. The third-order valence-electron chi connectivity index (χ3n) is 4.08. The highest BCUT2D eigenvalue weighted by molar-refractivity contribution is 4.90. The van der Waals surface area contributed by atoms with Gasteiger partial charge < -0.3 is 14.2 Å². The van der Waals surface area contributed by atoms with Crippen LogP contribution in [0.1, 0.15) is 52.9 Å². The molecule has 0 aromatic carbocycles. The molecule has 0 aromatic heterocycles. The first-order valence-electron chi connectivity index (χ1n) is 7.15. The molecule has 0 N–H and O–H groups in total. The van der Waals surface area contributed by atoms with Crippen molar-refractivity contribution in [2.24, 2.45) is 5.92 Å². The Bertz CT molecular complexity index is 296. The molecule has 2 aliphatic rings. The van der Waals surface area contributed by atoms with Crippen molar-refractivity contribution in [1.82, 2.24) is 0 Å². The Labute approximate surface area is 110 Å². The first-order valence-corrected chi connectivity index (χ1v) is 7.15. The summed E-state index contributed by atoms with van der Waals surface area (Å²) in [6.45, 7) is 7.30. The minimum atomic E-state index is -0.408. The fraction of sp³-hybridized carbons (Fsp3) is 0.867. The van der Waals surface area contributed by atoms with Crippen molar-refractivity contribution in [3.63, 3.8) is 0 Å². The molecule has 1 aliphatic carbocycles. The second-order valence-electron chi connectivity index (χ2n) is 5.97. The van der Waals surface area contributed by atoms with E-state index in [2.05, 4.69) is 13.8 Å². The van der Waals surface area contributed by atoms with Crippen LogP contribution in [0.4, 0.5) is 0 Å². The van der Waals surface area contributed by atoms with E-state index in [0.717, 1.165) is 0 Å². The van der Waals surface area contributed by atoms with Crippen LogP contribution in [0.5, 0.6) is 0 Å².